The van der Waals surface area contributed by atoms with Gasteiger partial charge in [0.25, 0.3) is 0 Å². The Hall–Kier alpha value is -1.08. The average molecular weight is 209 g/mol. The topological polar surface area (TPSA) is 53.3 Å². The molecule has 0 bridgehead atoms. The lowest BCUT2D eigenvalue weighted by molar-refractivity contribution is -0.194. The summed E-state index contributed by atoms with van der Waals surface area (Å²) in [5, 5.41) is 10.2. The number of hydrogen-bond donors (Lipinski definition) is 0. The molecule has 1 radical (unpaired) electrons. The molecular weight excluding hydrogens is 192 g/mol. The van der Waals surface area contributed by atoms with Crippen LogP contribution >= 0.6 is 0 Å². The van der Waals surface area contributed by atoms with E-state index in [1.165, 1.54) is 6.42 Å². The van der Waals surface area contributed by atoms with Gasteiger partial charge in [-0.1, -0.05) is 6.42 Å². The first kappa shape index (κ1) is 12.0. The van der Waals surface area contributed by atoms with Crippen molar-refractivity contribution in [3.8, 4) is 6.07 Å². The molecule has 0 spiro atoms. The summed E-state index contributed by atoms with van der Waals surface area (Å²) >= 11 is 0. The van der Waals surface area contributed by atoms with Crippen molar-refractivity contribution >= 4 is 5.97 Å². The fourth-order valence-corrected chi connectivity index (χ4v) is 1.50. The number of hydrogen-bond acceptors (Lipinski definition) is 4. The van der Waals surface area contributed by atoms with Crippen LogP contribution in [0.1, 0.15) is 32.1 Å². The highest BCUT2D eigenvalue weighted by atomic mass is 16.7. The minimum absolute atomic E-state index is 0.249. The van der Waals surface area contributed by atoms with E-state index < -0.39 is 0 Å². The molecule has 0 aromatic heterocycles. The SMILES string of the molecule is [CH2]C(C#N)CCC(=O)ON1CCCCC1. The predicted octanol–water partition coefficient (Wildman–Crippen LogP) is 1.68. The predicted molar refractivity (Wildman–Crippen MR) is 55.2 cm³/mol. The molecule has 1 aliphatic heterocycles. The first-order valence-corrected chi connectivity index (χ1v) is 5.41. The molecule has 1 rings (SSSR count). The van der Waals surface area contributed by atoms with Crippen LogP contribution in [0.25, 0.3) is 0 Å². The van der Waals surface area contributed by atoms with Gasteiger partial charge in [-0.25, -0.2) is 0 Å². The largest absolute Gasteiger partial charge is 0.368 e. The molecule has 15 heavy (non-hydrogen) atoms. The Kier molecular flexibility index (Phi) is 5.13. The molecule has 1 aliphatic rings. The highest BCUT2D eigenvalue weighted by molar-refractivity contribution is 5.69. The van der Waals surface area contributed by atoms with Crippen LogP contribution in [0.4, 0.5) is 0 Å². The Bertz CT molecular complexity index is 241. The Balaban J connectivity index is 2.15. The van der Waals surface area contributed by atoms with E-state index in [0.29, 0.717) is 6.42 Å². The van der Waals surface area contributed by atoms with Gasteiger partial charge in [-0.15, -0.1) is 5.06 Å². The van der Waals surface area contributed by atoms with Gasteiger partial charge < -0.3 is 4.84 Å². The summed E-state index contributed by atoms with van der Waals surface area (Å²) in [6, 6.07) is 1.99. The van der Waals surface area contributed by atoms with Crippen molar-refractivity contribution in [3.05, 3.63) is 6.92 Å². The van der Waals surface area contributed by atoms with E-state index >= 15 is 0 Å². The van der Waals surface area contributed by atoms with E-state index in [1.54, 1.807) is 5.06 Å². The molecule has 1 saturated heterocycles. The van der Waals surface area contributed by atoms with Crippen molar-refractivity contribution in [3.63, 3.8) is 0 Å². The summed E-state index contributed by atoms with van der Waals surface area (Å²) in [5.41, 5.74) is 0. The third-order valence-corrected chi connectivity index (χ3v) is 2.43. The number of nitriles is 1. The molecule has 0 aliphatic carbocycles. The second kappa shape index (κ2) is 6.41. The van der Waals surface area contributed by atoms with Crippen LogP contribution < -0.4 is 0 Å². The van der Waals surface area contributed by atoms with Gasteiger partial charge in [-0.05, 0) is 26.2 Å². The van der Waals surface area contributed by atoms with Crippen molar-refractivity contribution in [2.24, 2.45) is 5.92 Å². The molecule has 0 aromatic carbocycles. The van der Waals surface area contributed by atoms with E-state index in [9.17, 15) is 4.79 Å². The van der Waals surface area contributed by atoms with Crippen LogP contribution in [-0.4, -0.2) is 24.1 Å². The third-order valence-electron chi connectivity index (χ3n) is 2.43. The zero-order valence-corrected chi connectivity index (χ0v) is 8.95. The average Bonchev–Trinajstić information content (AvgIpc) is 2.27. The molecule has 83 valence electrons. The lowest BCUT2D eigenvalue weighted by Crippen LogP contribution is -2.32. The number of carbonyl (C=O) groups excluding carboxylic acids is 1. The van der Waals surface area contributed by atoms with E-state index in [2.05, 4.69) is 6.92 Å². The number of carbonyl (C=O) groups is 1. The lowest BCUT2D eigenvalue weighted by atomic mass is 10.1. The van der Waals surface area contributed by atoms with Gasteiger partial charge in [0.1, 0.15) is 0 Å². The van der Waals surface area contributed by atoms with Gasteiger partial charge in [0.15, 0.2) is 0 Å². The minimum atomic E-state index is -0.320. The maximum Gasteiger partial charge on any atom is 0.325 e. The van der Waals surface area contributed by atoms with Crippen molar-refractivity contribution in [1.29, 1.82) is 5.26 Å². The Labute approximate surface area is 90.8 Å². The third kappa shape index (κ3) is 4.80. The quantitative estimate of drug-likeness (QED) is 0.707. The molecule has 0 N–H and O–H groups in total. The van der Waals surface area contributed by atoms with Gasteiger partial charge in [0.2, 0.25) is 0 Å². The van der Waals surface area contributed by atoms with Crippen LogP contribution in [0.5, 0.6) is 0 Å². The van der Waals surface area contributed by atoms with Crippen LogP contribution in [-0.2, 0) is 9.63 Å². The number of hydroxylamine groups is 2. The number of rotatable bonds is 4. The summed E-state index contributed by atoms with van der Waals surface area (Å²) in [6.45, 7) is 5.26. The van der Waals surface area contributed by atoms with Crippen LogP contribution in [0.3, 0.4) is 0 Å². The summed E-state index contributed by atoms with van der Waals surface area (Å²) in [4.78, 5) is 16.5. The first-order valence-electron chi connectivity index (χ1n) is 5.41. The lowest BCUT2D eigenvalue weighted by Gasteiger charge is -2.24. The smallest absolute Gasteiger partial charge is 0.325 e. The van der Waals surface area contributed by atoms with E-state index in [0.717, 1.165) is 25.9 Å². The molecule has 1 fully saturated rings. The maximum absolute atomic E-state index is 11.3. The van der Waals surface area contributed by atoms with Crippen molar-refractivity contribution in [2.45, 2.75) is 32.1 Å². The monoisotopic (exact) mass is 209 g/mol. The minimum Gasteiger partial charge on any atom is -0.368 e. The highest BCUT2D eigenvalue weighted by Crippen LogP contribution is 2.11. The van der Waals surface area contributed by atoms with Crippen molar-refractivity contribution in [1.82, 2.24) is 5.06 Å². The fourth-order valence-electron chi connectivity index (χ4n) is 1.50. The Morgan fingerprint density at radius 1 is 1.47 bits per heavy atom. The van der Waals surface area contributed by atoms with E-state index in [1.807, 2.05) is 6.07 Å². The van der Waals surface area contributed by atoms with Gasteiger partial charge in [-0.3, -0.25) is 4.79 Å². The summed E-state index contributed by atoms with van der Waals surface area (Å²) in [6.07, 6.45) is 4.14. The molecule has 1 unspecified atom stereocenters. The highest BCUT2D eigenvalue weighted by Gasteiger charge is 2.15. The zero-order valence-electron chi connectivity index (χ0n) is 8.95. The van der Waals surface area contributed by atoms with Crippen LogP contribution in [0.2, 0.25) is 0 Å². The Morgan fingerprint density at radius 3 is 2.73 bits per heavy atom. The summed E-state index contributed by atoms with van der Waals surface area (Å²) in [5.74, 6) is -0.570. The van der Waals surface area contributed by atoms with Crippen LogP contribution in [0, 0.1) is 24.2 Å². The first-order chi connectivity index (χ1) is 7.22. The molecule has 0 aromatic rings. The van der Waals surface area contributed by atoms with Gasteiger partial charge in [0, 0.05) is 25.4 Å². The normalized spacial score (nSPS) is 19.2. The van der Waals surface area contributed by atoms with Crippen molar-refractivity contribution < 1.29 is 9.63 Å². The summed E-state index contributed by atoms with van der Waals surface area (Å²) in [7, 11) is 0. The van der Waals surface area contributed by atoms with E-state index in [4.69, 9.17) is 10.1 Å². The number of piperidine rings is 1. The second-order valence-electron chi connectivity index (χ2n) is 3.82. The fraction of sp³-hybridized carbons (Fsp3) is 0.727. The molecular formula is C11H17N2O2. The van der Waals surface area contributed by atoms with Gasteiger partial charge in [-0.2, -0.15) is 5.26 Å². The molecule has 4 nitrogen and oxygen atoms in total. The van der Waals surface area contributed by atoms with Gasteiger partial charge in [0.05, 0.1) is 6.07 Å². The number of nitrogens with zero attached hydrogens (tertiary/aromatic N) is 2. The molecule has 4 heteroatoms. The molecule has 1 atom stereocenters. The molecule has 0 amide bonds. The van der Waals surface area contributed by atoms with E-state index in [-0.39, 0.29) is 18.3 Å². The molecule has 1 heterocycles. The second-order valence-corrected chi connectivity index (χ2v) is 3.82. The maximum atomic E-state index is 11.3. The van der Waals surface area contributed by atoms with Crippen LogP contribution in [0.15, 0.2) is 0 Å². The summed E-state index contributed by atoms with van der Waals surface area (Å²) < 4.78 is 0. The molecule has 0 saturated carbocycles. The standard InChI is InChI=1S/C11H17N2O2/c1-10(9-12)5-6-11(14)15-13-7-3-2-4-8-13/h10H,1-8H2. The van der Waals surface area contributed by atoms with Gasteiger partial charge >= 0.3 is 5.97 Å². The Morgan fingerprint density at radius 2 is 2.13 bits per heavy atom. The zero-order chi connectivity index (χ0) is 11.1. The van der Waals surface area contributed by atoms with Crippen molar-refractivity contribution in [2.75, 3.05) is 13.1 Å².